The van der Waals surface area contributed by atoms with E-state index in [1.165, 1.54) is 0 Å². The zero-order valence-corrected chi connectivity index (χ0v) is 11.7. The maximum absolute atomic E-state index is 6.17. The van der Waals surface area contributed by atoms with Gasteiger partial charge in [0.05, 0.1) is 6.04 Å². The molecule has 3 N–H and O–H groups in total. The van der Waals surface area contributed by atoms with Crippen molar-refractivity contribution in [3.63, 3.8) is 0 Å². The normalized spacial score (nSPS) is 15.1. The molecule has 16 heavy (non-hydrogen) atoms. The topological polar surface area (TPSA) is 50.9 Å². The summed E-state index contributed by atoms with van der Waals surface area (Å²) >= 11 is 1.68. The number of hydrogen-bond acceptors (Lipinski definition) is 4. The van der Waals surface area contributed by atoms with Crippen molar-refractivity contribution in [2.45, 2.75) is 46.2 Å². The van der Waals surface area contributed by atoms with Crippen molar-refractivity contribution in [3.8, 4) is 0 Å². The molecule has 0 aromatic carbocycles. The molecule has 0 aliphatic rings. The zero-order chi connectivity index (χ0) is 12.4. The second kappa shape index (κ2) is 4.82. The molecule has 3 nitrogen and oxygen atoms in total. The summed E-state index contributed by atoms with van der Waals surface area (Å²) in [6, 6.07) is 0.293. The summed E-state index contributed by atoms with van der Waals surface area (Å²) in [6.45, 7) is 11.5. The van der Waals surface area contributed by atoms with Gasteiger partial charge in [-0.2, -0.15) is 0 Å². The Labute approximate surface area is 102 Å². The first-order valence-corrected chi connectivity index (χ1v) is 6.54. The number of rotatable bonds is 5. The minimum absolute atomic E-state index is 0.0541. The van der Waals surface area contributed by atoms with Crippen molar-refractivity contribution < 1.29 is 0 Å². The molecule has 0 aliphatic carbocycles. The Morgan fingerprint density at radius 3 is 2.50 bits per heavy atom. The van der Waals surface area contributed by atoms with Crippen LogP contribution in [0.1, 0.15) is 45.7 Å². The Bertz CT molecular complexity index is 312. The van der Waals surface area contributed by atoms with Gasteiger partial charge < -0.3 is 11.1 Å². The standard InChI is InChI=1S/C12H23N3S/c1-9(10-14-6-7-16-10)15-8-11(2,3)12(4,5)13/h6-7,9,15H,8,13H2,1-5H3. The fraction of sp³-hybridized carbons (Fsp3) is 0.750. The predicted molar refractivity (Wildman–Crippen MR) is 70.6 cm³/mol. The third-order valence-electron chi connectivity index (χ3n) is 3.42. The first kappa shape index (κ1) is 13.6. The molecule has 4 heteroatoms. The largest absolute Gasteiger partial charge is 0.325 e. The van der Waals surface area contributed by atoms with Gasteiger partial charge in [0, 0.05) is 23.7 Å². The van der Waals surface area contributed by atoms with E-state index in [0.29, 0.717) is 6.04 Å². The minimum Gasteiger partial charge on any atom is -0.325 e. The Morgan fingerprint density at radius 1 is 1.44 bits per heavy atom. The highest BCUT2D eigenvalue weighted by molar-refractivity contribution is 7.09. The van der Waals surface area contributed by atoms with Crippen LogP contribution in [-0.4, -0.2) is 17.1 Å². The third kappa shape index (κ3) is 3.27. The zero-order valence-electron chi connectivity index (χ0n) is 10.9. The van der Waals surface area contributed by atoms with Crippen LogP contribution in [0, 0.1) is 5.41 Å². The van der Waals surface area contributed by atoms with Crippen LogP contribution in [0.25, 0.3) is 0 Å². The minimum atomic E-state index is -0.192. The monoisotopic (exact) mass is 241 g/mol. The highest BCUT2D eigenvalue weighted by Crippen LogP contribution is 2.28. The second-order valence-corrected chi connectivity index (χ2v) is 6.50. The van der Waals surface area contributed by atoms with Gasteiger partial charge in [-0.1, -0.05) is 13.8 Å². The van der Waals surface area contributed by atoms with Crippen LogP contribution in [0.3, 0.4) is 0 Å². The van der Waals surface area contributed by atoms with Crippen molar-refractivity contribution in [3.05, 3.63) is 16.6 Å². The van der Waals surface area contributed by atoms with Crippen molar-refractivity contribution >= 4 is 11.3 Å². The summed E-state index contributed by atoms with van der Waals surface area (Å²) in [5.74, 6) is 0. The highest BCUT2D eigenvalue weighted by atomic mass is 32.1. The van der Waals surface area contributed by atoms with E-state index in [1.807, 2.05) is 11.6 Å². The predicted octanol–water partition coefficient (Wildman–Crippen LogP) is 2.56. The maximum atomic E-state index is 6.17. The summed E-state index contributed by atoms with van der Waals surface area (Å²) in [4.78, 5) is 4.30. The lowest BCUT2D eigenvalue weighted by Crippen LogP contribution is -2.52. The molecule has 0 saturated heterocycles. The van der Waals surface area contributed by atoms with Gasteiger partial charge in [0.25, 0.3) is 0 Å². The summed E-state index contributed by atoms with van der Waals surface area (Å²) in [6.07, 6.45) is 1.84. The molecule has 1 heterocycles. The first-order chi connectivity index (χ1) is 7.24. The number of nitrogens with one attached hydrogen (secondary N) is 1. The van der Waals surface area contributed by atoms with Crippen LogP contribution in [-0.2, 0) is 0 Å². The molecule has 0 fully saturated rings. The Morgan fingerprint density at radius 2 is 2.06 bits per heavy atom. The summed E-state index contributed by atoms with van der Waals surface area (Å²) in [7, 11) is 0. The number of aromatic nitrogens is 1. The van der Waals surface area contributed by atoms with Gasteiger partial charge in [0.15, 0.2) is 0 Å². The van der Waals surface area contributed by atoms with E-state index < -0.39 is 0 Å². The average molecular weight is 241 g/mol. The molecule has 1 aromatic heterocycles. The summed E-state index contributed by atoms with van der Waals surface area (Å²) in [5.41, 5.74) is 6.03. The molecular weight excluding hydrogens is 218 g/mol. The number of thiazole rings is 1. The van der Waals surface area contributed by atoms with Gasteiger partial charge in [0.1, 0.15) is 5.01 Å². The quantitative estimate of drug-likeness (QED) is 0.833. The fourth-order valence-corrected chi connectivity index (χ4v) is 1.84. The van der Waals surface area contributed by atoms with E-state index in [-0.39, 0.29) is 11.0 Å². The van der Waals surface area contributed by atoms with E-state index in [4.69, 9.17) is 5.73 Å². The van der Waals surface area contributed by atoms with Crippen LogP contribution < -0.4 is 11.1 Å². The Hall–Kier alpha value is -0.450. The van der Waals surface area contributed by atoms with Crippen molar-refractivity contribution in [1.82, 2.24) is 10.3 Å². The third-order valence-corrected chi connectivity index (χ3v) is 4.37. The summed E-state index contributed by atoms with van der Waals surface area (Å²) in [5, 5.41) is 6.64. The van der Waals surface area contributed by atoms with Gasteiger partial charge in [-0.25, -0.2) is 4.98 Å². The van der Waals surface area contributed by atoms with Crippen LogP contribution in [0.2, 0.25) is 0 Å². The van der Waals surface area contributed by atoms with Gasteiger partial charge in [-0.3, -0.25) is 0 Å². The lowest BCUT2D eigenvalue weighted by atomic mass is 9.75. The van der Waals surface area contributed by atoms with Crippen LogP contribution in [0.15, 0.2) is 11.6 Å². The molecule has 92 valence electrons. The highest BCUT2D eigenvalue weighted by Gasteiger charge is 2.33. The summed E-state index contributed by atoms with van der Waals surface area (Å²) < 4.78 is 0. The van der Waals surface area contributed by atoms with Gasteiger partial charge in [-0.15, -0.1) is 11.3 Å². The first-order valence-electron chi connectivity index (χ1n) is 5.66. The number of hydrogen-bond donors (Lipinski definition) is 2. The van der Waals surface area contributed by atoms with Crippen LogP contribution >= 0.6 is 11.3 Å². The Kier molecular flexibility index (Phi) is 4.10. The van der Waals surface area contributed by atoms with E-state index in [1.54, 1.807) is 11.3 Å². The molecular formula is C12H23N3S. The van der Waals surface area contributed by atoms with E-state index in [0.717, 1.165) is 11.6 Å². The lowest BCUT2D eigenvalue weighted by Gasteiger charge is -2.39. The maximum Gasteiger partial charge on any atom is 0.109 e. The smallest absolute Gasteiger partial charge is 0.109 e. The molecule has 0 amide bonds. The molecule has 1 atom stereocenters. The molecule has 0 aliphatic heterocycles. The number of nitrogens with two attached hydrogens (primary N) is 1. The molecule has 0 saturated carbocycles. The van der Waals surface area contributed by atoms with E-state index in [9.17, 15) is 0 Å². The molecule has 1 aromatic rings. The molecule has 1 unspecified atom stereocenters. The van der Waals surface area contributed by atoms with Crippen molar-refractivity contribution in [2.24, 2.45) is 11.1 Å². The SMILES string of the molecule is CC(NCC(C)(C)C(C)(C)N)c1nccs1. The van der Waals surface area contributed by atoms with E-state index in [2.05, 4.69) is 44.9 Å². The number of nitrogens with zero attached hydrogens (tertiary/aromatic N) is 1. The van der Waals surface area contributed by atoms with Crippen LogP contribution in [0.4, 0.5) is 0 Å². The van der Waals surface area contributed by atoms with Crippen molar-refractivity contribution in [2.75, 3.05) is 6.54 Å². The molecule has 1 rings (SSSR count). The van der Waals surface area contributed by atoms with Gasteiger partial charge in [-0.05, 0) is 26.2 Å². The molecule has 0 radical (unpaired) electrons. The molecule has 0 spiro atoms. The van der Waals surface area contributed by atoms with Gasteiger partial charge >= 0.3 is 0 Å². The average Bonchev–Trinajstić information content (AvgIpc) is 2.65. The fourth-order valence-electron chi connectivity index (χ4n) is 1.17. The Balaban J connectivity index is 2.52. The van der Waals surface area contributed by atoms with E-state index >= 15 is 0 Å². The second-order valence-electron chi connectivity index (χ2n) is 5.58. The molecule has 0 bridgehead atoms. The van der Waals surface area contributed by atoms with Crippen molar-refractivity contribution in [1.29, 1.82) is 0 Å². The van der Waals surface area contributed by atoms with Crippen LogP contribution in [0.5, 0.6) is 0 Å². The lowest BCUT2D eigenvalue weighted by molar-refractivity contribution is 0.189. The van der Waals surface area contributed by atoms with Gasteiger partial charge in [0.2, 0.25) is 0 Å².